The number of anilines is 1. The molecule has 0 aliphatic rings. The van der Waals surface area contributed by atoms with Crippen molar-refractivity contribution in [3.8, 4) is 18.4 Å². The molecule has 0 atom stereocenters. The van der Waals surface area contributed by atoms with Crippen LogP contribution in [0.4, 0.5) is 5.95 Å². The van der Waals surface area contributed by atoms with E-state index in [0.29, 0.717) is 18.9 Å². The summed E-state index contributed by atoms with van der Waals surface area (Å²) in [7, 11) is 0. The number of hydrogen-bond donors (Lipinski definition) is 1. The Labute approximate surface area is 99.6 Å². The second kappa shape index (κ2) is 6.13. The van der Waals surface area contributed by atoms with Crippen LogP contribution in [0.5, 0.6) is 6.01 Å². The molecule has 0 saturated heterocycles. The van der Waals surface area contributed by atoms with E-state index in [1.807, 2.05) is 13.8 Å². The highest BCUT2D eigenvalue weighted by Gasteiger charge is 2.06. The monoisotopic (exact) mass is 240 g/mol. The van der Waals surface area contributed by atoms with Crippen molar-refractivity contribution >= 4 is 17.5 Å². The standard InChI is InChI=1S/C10H13ClN4O/c1-4-5-6-12-9-13-8(11)14-10(15-9)16-7(2)3/h1,7H,5-6H2,2-3H3,(H,12,13,14,15). The third kappa shape index (κ3) is 4.32. The zero-order valence-electron chi connectivity index (χ0n) is 9.20. The topological polar surface area (TPSA) is 59.9 Å². The van der Waals surface area contributed by atoms with E-state index in [9.17, 15) is 0 Å². The summed E-state index contributed by atoms with van der Waals surface area (Å²) < 4.78 is 5.31. The quantitative estimate of drug-likeness (QED) is 0.628. The van der Waals surface area contributed by atoms with Crippen molar-refractivity contribution in [1.29, 1.82) is 0 Å². The van der Waals surface area contributed by atoms with Crippen molar-refractivity contribution in [2.24, 2.45) is 0 Å². The Morgan fingerprint density at radius 1 is 1.44 bits per heavy atom. The summed E-state index contributed by atoms with van der Waals surface area (Å²) in [6, 6.07) is 0.207. The average molecular weight is 241 g/mol. The second-order valence-corrected chi connectivity index (χ2v) is 3.60. The highest BCUT2D eigenvalue weighted by atomic mass is 35.5. The molecule has 16 heavy (non-hydrogen) atoms. The molecule has 1 aromatic rings. The van der Waals surface area contributed by atoms with Gasteiger partial charge in [0.2, 0.25) is 11.2 Å². The van der Waals surface area contributed by atoms with E-state index < -0.39 is 0 Å². The van der Waals surface area contributed by atoms with Crippen molar-refractivity contribution in [3.63, 3.8) is 0 Å². The molecule has 5 nitrogen and oxygen atoms in total. The zero-order valence-corrected chi connectivity index (χ0v) is 9.95. The Balaban J connectivity index is 2.70. The van der Waals surface area contributed by atoms with E-state index in [1.165, 1.54) is 0 Å². The van der Waals surface area contributed by atoms with Crippen molar-refractivity contribution in [1.82, 2.24) is 15.0 Å². The number of halogens is 1. The molecule has 0 radical (unpaired) electrons. The van der Waals surface area contributed by atoms with E-state index >= 15 is 0 Å². The molecule has 0 saturated carbocycles. The summed E-state index contributed by atoms with van der Waals surface area (Å²) in [5.74, 6) is 2.87. The van der Waals surface area contributed by atoms with Crippen molar-refractivity contribution in [2.45, 2.75) is 26.4 Å². The van der Waals surface area contributed by atoms with E-state index in [4.69, 9.17) is 22.8 Å². The minimum atomic E-state index is -0.0166. The summed E-state index contributed by atoms with van der Waals surface area (Å²) in [6.45, 7) is 4.34. The lowest BCUT2D eigenvalue weighted by Gasteiger charge is -2.09. The Hall–Kier alpha value is -1.54. The van der Waals surface area contributed by atoms with Gasteiger partial charge in [-0.3, -0.25) is 0 Å². The van der Waals surface area contributed by atoms with Gasteiger partial charge in [-0.05, 0) is 25.4 Å². The van der Waals surface area contributed by atoms with Crippen molar-refractivity contribution < 1.29 is 4.74 Å². The van der Waals surface area contributed by atoms with Crippen LogP contribution in [0.25, 0.3) is 0 Å². The molecule has 0 fully saturated rings. The van der Waals surface area contributed by atoms with Crippen molar-refractivity contribution in [3.05, 3.63) is 5.28 Å². The Morgan fingerprint density at radius 3 is 2.81 bits per heavy atom. The van der Waals surface area contributed by atoms with Crippen LogP contribution in [0.3, 0.4) is 0 Å². The van der Waals surface area contributed by atoms with Gasteiger partial charge < -0.3 is 10.1 Å². The molecule has 0 aliphatic carbocycles. The first-order valence-corrected chi connectivity index (χ1v) is 5.25. The van der Waals surface area contributed by atoms with Crippen LogP contribution in [0, 0.1) is 12.3 Å². The second-order valence-electron chi connectivity index (χ2n) is 3.26. The minimum Gasteiger partial charge on any atom is -0.461 e. The van der Waals surface area contributed by atoms with Gasteiger partial charge in [0.25, 0.3) is 0 Å². The Kier molecular flexibility index (Phi) is 4.80. The van der Waals surface area contributed by atoms with E-state index in [-0.39, 0.29) is 17.4 Å². The van der Waals surface area contributed by atoms with Gasteiger partial charge in [-0.2, -0.15) is 15.0 Å². The number of hydrogen-bond acceptors (Lipinski definition) is 5. The van der Waals surface area contributed by atoms with Gasteiger partial charge in [-0.15, -0.1) is 12.3 Å². The molecule has 0 aliphatic heterocycles. The number of terminal acetylenes is 1. The van der Waals surface area contributed by atoms with E-state index in [2.05, 4.69) is 26.2 Å². The van der Waals surface area contributed by atoms with E-state index in [1.54, 1.807) is 0 Å². The summed E-state index contributed by atoms with van der Waals surface area (Å²) in [6.07, 6.45) is 5.69. The molecule has 86 valence electrons. The minimum absolute atomic E-state index is 0.0166. The highest BCUT2D eigenvalue weighted by molar-refractivity contribution is 6.28. The molecule has 1 aromatic heterocycles. The summed E-state index contributed by atoms with van der Waals surface area (Å²) in [5, 5.41) is 3.02. The van der Waals surface area contributed by atoms with Crippen LogP contribution < -0.4 is 10.1 Å². The molecular formula is C10H13ClN4O. The van der Waals surface area contributed by atoms with Crippen LogP contribution >= 0.6 is 11.6 Å². The first-order valence-electron chi connectivity index (χ1n) is 4.87. The van der Waals surface area contributed by atoms with Crippen LogP contribution in [0.1, 0.15) is 20.3 Å². The number of ether oxygens (including phenoxy) is 1. The number of aromatic nitrogens is 3. The summed E-state index contributed by atoms with van der Waals surface area (Å²) >= 11 is 5.72. The third-order valence-electron chi connectivity index (χ3n) is 1.48. The van der Waals surface area contributed by atoms with E-state index in [0.717, 1.165) is 0 Å². The van der Waals surface area contributed by atoms with Crippen LogP contribution in [-0.4, -0.2) is 27.6 Å². The van der Waals surface area contributed by atoms with Gasteiger partial charge >= 0.3 is 6.01 Å². The lowest BCUT2D eigenvalue weighted by molar-refractivity contribution is 0.222. The van der Waals surface area contributed by atoms with Crippen LogP contribution in [0.2, 0.25) is 5.28 Å². The molecule has 1 rings (SSSR count). The van der Waals surface area contributed by atoms with Crippen molar-refractivity contribution in [2.75, 3.05) is 11.9 Å². The molecule has 0 spiro atoms. The first-order chi connectivity index (χ1) is 7.61. The maximum absolute atomic E-state index is 5.72. The summed E-state index contributed by atoms with van der Waals surface area (Å²) in [4.78, 5) is 11.8. The first kappa shape index (κ1) is 12.5. The fraction of sp³-hybridized carbons (Fsp3) is 0.500. The molecule has 1 N–H and O–H groups in total. The largest absolute Gasteiger partial charge is 0.461 e. The smallest absolute Gasteiger partial charge is 0.322 e. The normalized spacial score (nSPS) is 9.94. The predicted octanol–water partition coefficient (Wildman–Crippen LogP) is 1.75. The molecule has 1 heterocycles. The summed E-state index contributed by atoms with van der Waals surface area (Å²) in [5.41, 5.74) is 0. The Morgan fingerprint density at radius 2 is 2.19 bits per heavy atom. The maximum Gasteiger partial charge on any atom is 0.322 e. The van der Waals surface area contributed by atoms with Gasteiger partial charge in [0, 0.05) is 13.0 Å². The van der Waals surface area contributed by atoms with Gasteiger partial charge in [0.1, 0.15) is 0 Å². The lowest BCUT2D eigenvalue weighted by Crippen LogP contribution is -2.11. The zero-order chi connectivity index (χ0) is 12.0. The van der Waals surface area contributed by atoms with Gasteiger partial charge in [0.15, 0.2) is 0 Å². The van der Waals surface area contributed by atoms with Gasteiger partial charge in [0.05, 0.1) is 6.10 Å². The molecule has 0 bridgehead atoms. The number of rotatable bonds is 5. The lowest BCUT2D eigenvalue weighted by atomic mass is 10.4. The molecule has 0 unspecified atom stereocenters. The number of nitrogens with one attached hydrogen (secondary N) is 1. The number of nitrogens with zero attached hydrogens (tertiary/aromatic N) is 3. The molecular weight excluding hydrogens is 228 g/mol. The molecule has 6 heteroatoms. The fourth-order valence-electron chi connectivity index (χ4n) is 0.921. The maximum atomic E-state index is 5.72. The predicted molar refractivity (Wildman–Crippen MR) is 62.5 cm³/mol. The fourth-order valence-corrected chi connectivity index (χ4v) is 1.07. The third-order valence-corrected chi connectivity index (χ3v) is 1.65. The van der Waals surface area contributed by atoms with Crippen LogP contribution in [0.15, 0.2) is 0 Å². The van der Waals surface area contributed by atoms with Gasteiger partial charge in [-0.1, -0.05) is 0 Å². The van der Waals surface area contributed by atoms with Gasteiger partial charge in [-0.25, -0.2) is 0 Å². The average Bonchev–Trinajstić information content (AvgIpc) is 2.16. The molecule has 0 aromatic carbocycles. The Bertz CT molecular complexity index is 389. The SMILES string of the molecule is C#CCCNc1nc(Cl)nc(OC(C)C)n1. The highest BCUT2D eigenvalue weighted by Crippen LogP contribution is 2.12. The molecule has 0 amide bonds. The van der Waals surface area contributed by atoms with Crippen LogP contribution in [-0.2, 0) is 0 Å².